The van der Waals surface area contributed by atoms with Gasteiger partial charge in [-0.25, -0.2) is 17.6 Å². The van der Waals surface area contributed by atoms with E-state index in [1.54, 1.807) is 0 Å². The minimum absolute atomic E-state index is 0.0939. The third kappa shape index (κ3) is 6.57. The average Bonchev–Trinajstić information content (AvgIpc) is 3.51. The van der Waals surface area contributed by atoms with Gasteiger partial charge in [-0.1, -0.05) is 6.07 Å². The SMILES string of the molecule is O=C(Nc1cc(Oc2cccc(C(F)(F)F)c2)cc([N+](=O)[O-])c1)c1ccc(Cn2nc(C(F)F)cc2C(F)F)o1. The summed E-state index contributed by atoms with van der Waals surface area (Å²) in [4.78, 5) is 23.2. The molecule has 0 aliphatic heterocycles. The molecule has 0 unspecified atom stereocenters. The van der Waals surface area contributed by atoms with E-state index in [0.29, 0.717) is 16.8 Å². The van der Waals surface area contributed by atoms with Gasteiger partial charge in [-0.05, 0) is 36.4 Å². The van der Waals surface area contributed by atoms with Gasteiger partial charge in [0.15, 0.2) is 5.76 Å². The van der Waals surface area contributed by atoms with Crippen LogP contribution in [-0.2, 0) is 12.7 Å². The second-order valence-electron chi connectivity index (χ2n) is 8.07. The van der Waals surface area contributed by atoms with Crippen LogP contribution in [0.15, 0.2) is 65.1 Å². The Hall–Kier alpha value is -4.89. The summed E-state index contributed by atoms with van der Waals surface area (Å²) in [5.74, 6) is -1.96. The van der Waals surface area contributed by atoms with E-state index < -0.39 is 59.0 Å². The van der Waals surface area contributed by atoms with E-state index in [1.165, 1.54) is 12.1 Å². The second kappa shape index (κ2) is 11.1. The first-order valence-electron chi connectivity index (χ1n) is 11.0. The molecule has 210 valence electrons. The van der Waals surface area contributed by atoms with E-state index in [-0.39, 0.29) is 28.7 Å². The number of halogens is 7. The molecule has 4 rings (SSSR count). The molecule has 0 bridgehead atoms. The molecule has 2 heterocycles. The van der Waals surface area contributed by atoms with Gasteiger partial charge in [-0.3, -0.25) is 19.6 Å². The lowest BCUT2D eigenvalue weighted by atomic mass is 10.2. The fourth-order valence-electron chi connectivity index (χ4n) is 3.48. The summed E-state index contributed by atoms with van der Waals surface area (Å²) < 4.78 is 102. The monoisotopic (exact) mass is 572 g/mol. The number of furan rings is 1. The van der Waals surface area contributed by atoms with Gasteiger partial charge in [0.05, 0.1) is 28.8 Å². The number of alkyl halides is 7. The van der Waals surface area contributed by atoms with E-state index in [0.717, 1.165) is 36.4 Å². The average molecular weight is 572 g/mol. The van der Waals surface area contributed by atoms with Crippen LogP contribution >= 0.6 is 0 Å². The highest BCUT2D eigenvalue weighted by molar-refractivity contribution is 6.02. The van der Waals surface area contributed by atoms with Gasteiger partial charge in [0, 0.05) is 12.1 Å². The lowest BCUT2D eigenvalue weighted by molar-refractivity contribution is -0.384. The molecule has 0 atom stereocenters. The molecule has 4 aromatic rings. The van der Waals surface area contributed by atoms with Crippen LogP contribution < -0.4 is 10.1 Å². The van der Waals surface area contributed by atoms with Crippen molar-refractivity contribution >= 4 is 17.3 Å². The number of rotatable bonds is 9. The molecule has 0 aliphatic rings. The first kappa shape index (κ1) is 28.1. The quantitative estimate of drug-likeness (QED) is 0.127. The van der Waals surface area contributed by atoms with Gasteiger partial charge in [0.1, 0.15) is 28.6 Å². The van der Waals surface area contributed by atoms with Crippen molar-refractivity contribution in [2.45, 2.75) is 25.6 Å². The summed E-state index contributed by atoms with van der Waals surface area (Å²) in [7, 11) is 0. The highest BCUT2D eigenvalue weighted by atomic mass is 19.4. The third-order valence-corrected chi connectivity index (χ3v) is 5.23. The van der Waals surface area contributed by atoms with Crippen molar-refractivity contribution in [2.24, 2.45) is 0 Å². The van der Waals surface area contributed by atoms with Crippen molar-refractivity contribution in [3.8, 4) is 11.5 Å². The maximum absolute atomic E-state index is 13.2. The smallest absolute Gasteiger partial charge is 0.416 e. The standard InChI is InChI=1S/C24H15F7N4O5/c25-21(26)18-10-19(22(27)28)34(33-18)11-16-4-5-20(40-16)23(36)32-13-7-14(35(37)38)9-17(8-13)39-15-3-1-2-12(6-15)24(29,30)31/h1-10,21-22H,11H2,(H,32,36). The lowest BCUT2D eigenvalue weighted by Crippen LogP contribution is -2.11. The lowest BCUT2D eigenvalue weighted by Gasteiger charge is -2.11. The second-order valence-corrected chi connectivity index (χ2v) is 8.07. The van der Waals surface area contributed by atoms with E-state index >= 15 is 0 Å². The molecular weight excluding hydrogens is 557 g/mol. The Morgan fingerprint density at radius 2 is 1.77 bits per heavy atom. The number of ether oxygens (including phenoxy) is 1. The normalized spacial score (nSPS) is 11.7. The Kier molecular flexibility index (Phi) is 7.79. The number of hydrogen-bond donors (Lipinski definition) is 1. The van der Waals surface area contributed by atoms with Crippen molar-refractivity contribution in [1.82, 2.24) is 9.78 Å². The third-order valence-electron chi connectivity index (χ3n) is 5.23. The Labute approximate surface area is 218 Å². The number of nitrogens with zero attached hydrogens (tertiary/aromatic N) is 3. The first-order chi connectivity index (χ1) is 18.8. The van der Waals surface area contributed by atoms with Gasteiger partial charge < -0.3 is 14.5 Å². The molecule has 0 aliphatic carbocycles. The number of carbonyl (C=O) groups excluding carboxylic acids is 1. The summed E-state index contributed by atoms with van der Waals surface area (Å²) >= 11 is 0. The number of carbonyl (C=O) groups is 1. The zero-order chi connectivity index (χ0) is 29.2. The predicted octanol–water partition coefficient (Wildman–Crippen LogP) is 7.37. The predicted molar refractivity (Wildman–Crippen MR) is 123 cm³/mol. The number of nitro benzene ring substituents is 1. The molecular formula is C24H15F7N4O5. The largest absolute Gasteiger partial charge is 0.457 e. The maximum atomic E-state index is 13.2. The molecule has 40 heavy (non-hydrogen) atoms. The van der Waals surface area contributed by atoms with Crippen LogP contribution in [0.4, 0.5) is 42.1 Å². The first-order valence-corrected chi connectivity index (χ1v) is 11.0. The van der Waals surface area contributed by atoms with Crippen LogP contribution in [0.2, 0.25) is 0 Å². The van der Waals surface area contributed by atoms with Crippen molar-refractivity contribution in [1.29, 1.82) is 0 Å². The number of non-ortho nitro benzene ring substituents is 1. The van der Waals surface area contributed by atoms with Crippen molar-refractivity contribution in [3.05, 3.63) is 99.2 Å². The van der Waals surface area contributed by atoms with Crippen LogP contribution in [-0.4, -0.2) is 20.6 Å². The molecule has 1 N–H and O–H groups in total. The number of amides is 1. The minimum Gasteiger partial charge on any atom is -0.457 e. The van der Waals surface area contributed by atoms with Crippen LogP contribution in [0.25, 0.3) is 0 Å². The summed E-state index contributed by atoms with van der Waals surface area (Å²) in [6.45, 7) is -0.508. The highest BCUT2D eigenvalue weighted by Gasteiger charge is 2.30. The summed E-state index contributed by atoms with van der Waals surface area (Å²) in [5, 5.41) is 17.1. The molecule has 9 nitrogen and oxygen atoms in total. The minimum atomic E-state index is -4.66. The number of hydrogen-bond acceptors (Lipinski definition) is 6. The molecule has 2 aromatic heterocycles. The maximum Gasteiger partial charge on any atom is 0.416 e. The molecule has 0 saturated heterocycles. The van der Waals surface area contributed by atoms with Crippen molar-refractivity contribution < 1.29 is 49.6 Å². The fourth-order valence-corrected chi connectivity index (χ4v) is 3.48. The number of benzene rings is 2. The number of aromatic nitrogens is 2. The van der Waals surface area contributed by atoms with Gasteiger partial charge >= 0.3 is 6.18 Å². The summed E-state index contributed by atoms with van der Waals surface area (Å²) in [6, 6.07) is 9.66. The molecule has 0 spiro atoms. The van der Waals surface area contributed by atoms with Gasteiger partial charge in [-0.15, -0.1) is 0 Å². The molecule has 16 heteroatoms. The van der Waals surface area contributed by atoms with Crippen LogP contribution in [0.5, 0.6) is 11.5 Å². The summed E-state index contributed by atoms with van der Waals surface area (Å²) in [5.41, 5.74) is -3.42. The molecule has 0 saturated carbocycles. The van der Waals surface area contributed by atoms with E-state index in [1.807, 2.05) is 0 Å². The van der Waals surface area contributed by atoms with Gasteiger partial charge in [-0.2, -0.15) is 18.3 Å². The van der Waals surface area contributed by atoms with E-state index in [9.17, 15) is 45.6 Å². The van der Waals surface area contributed by atoms with Gasteiger partial charge in [0.25, 0.3) is 24.4 Å². The summed E-state index contributed by atoms with van der Waals surface area (Å²) in [6.07, 6.45) is -10.9. The van der Waals surface area contributed by atoms with Gasteiger partial charge in [0.2, 0.25) is 0 Å². The topological polar surface area (TPSA) is 112 Å². The molecule has 0 radical (unpaired) electrons. The zero-order valence-electron chi connectivity index (χ0n) is 19.7. The Bertz CT molecular complexity index is 1550. The zero-order valence-corrected chi connectivity index (χ0v) is 19.7. The Balaban J connectivity index is 1.53. The fraction of sp³-hybridized carbons (Fsp3) is 0.167. The highest BCUT2D eigenvalue weighted by Crippen LogP contribution is 2.34. The molecule has 1 amide bonds. The Morgan fingerprint density at radius 3 is 2.42 bits per heavy atom. The number of anilines is 1. The van der Waals surface area contributed by atoms with E-state index in [2.05, 4.69) is 10.4 Å². The van der Waals surface area contributed by atoms with Crippen LogP contribution in [0.1, 0.15) is 46.1 Å². The number of nitro groups is 1. The van der Waals surface area contributed by atoms with Crippen molar-refractivity contribution in [2.75, 3.05) is 5.32 Å². The molecule has 2 aromatic carbocycles. The van der Waals surface area contributed by atoms with Crippen molar-refractivity contribution in [3.63, 3.8) is 0 Å². The number of nitrogens with one attached hydrogen (secondary N) is 1. The Morgan fingerprint density at radius 1 is 1.02 bits per heavy atom. The van der Waals surface area contributed by atoms with Crippen LogP contribution in [0, 0.1) is 10.1 Å². The van der Waals surface area contributed by atoms with Crippen LogP contribution in [0.3, 0.4) is 0 Å². The molecule has 0 fully saturated rings. The van der Waals surface area contributed by atoms with E-state index in [4.69, 9.17) is 9.15 Å².